The molecule has 0 bridgehead atoms. The molecule has 7 N–H and O–H groups in total. The molecule has 12 nitrogen and oxygen atoms in total. The number of ether oxygens (including phenoxy) is 1. The summed E-state index contributed by atoms with van der Waals surface area (Å²) in [6.07, 6.45) is 2.52. The van der Waals surface area contributed by atoms with Crippen molar-refractivity contribution in [3.05, 3.63) is 23.7 Å². The number of primary amides is 1. The molecule has 166 valence electrons. The molecule has 1 aliphatic heterocycles. The van der Waals surface area contributed by atoms with Gasteiger partial charge in [0.1, 0.15) is 28.7 Å². The van der Waals surface area contributed by atoms with Gasteiger partial charge in [0, 0.05) is 19.1 Å². The minimum absolute atomic E-state index is 0.101. The molecule has 2 aromatic rings. The van der Waals surface area contributed by atoms with Crippen LogP contribution >= 0.6 is 0 Å². The van der Waals surface area contributed by atoms with Crippen molar-refractivity contribution in [3.8, 4) is 0 Å². The number of likely N-dealkylation sites (tertiary alicyclic amines) is 1. The van der Waals surface area contributed by atoms with Gasteiger partial charge in [-0.2, -0.15) is 0 Å². The molecule has 12 heteroatoms. The SMILES string of the molecule is CC(C)(C)OC(=O)N1CCC[C@H](Nc2ncnc3c(C(N)=O)cc(C(=N)NN)nc23)C1. The molecule has 0 aromatic carbocycles. The summed E-state index contributed by atoms with van der Waals surface area (Å²) in [5, 5.41) is 11.2. The molecule has 0 radical (unpaired) electrons. The summed E-state index contributed by atoms with van der Waals surface area (Å²) < 4.78 is 5.47. The van der Waals surface area contributed by atoms with E-state index >= 15 is 0 Å². The predicted octanol–water partition coefficient (Wildman–Crippen LogP) is 0.724. The minimum Gasteiger partial charge on any atom is -0.444 e. The fourth-order valence-electron chi connectivity index (χ4n) is 3.32. The van der Waals surface area contributed by atoms with Crippen molar-refractivity contribution in [3.63, 3.8) is 0 Å². The Kier molecular flexibility index (Phi) is 6.20. The molecular formula is C19H27N9O3. The van der Waals surface area contributed by atoms with Gasteiger partial charge in [-0.05, 0) is 39.7 Å². The molecule has 1 fully saturated rings. The molecule has 1 atom stereocenters. The molecule has 1 saturated heterocycles. The Hall–Kier alpha value is -3.54. The van der Waals surface area contributed by atoms with Gasteiger partial charge < -0.3 is 26.1 Å². The second-order valence-electron chi connectivity index (χ2n) is 8.27. The first-order chi connectivity index (χ1) is 14.6. The first-order valence-electron chi connectivity index (χ1n) is 9.84. The number of aromatic nitrogens is 3. The molecule has 2 aromatic heterocycles. The van der Waals surface area contributed by atoms with Crippen LogP contribution in [0.2, 0.25) is 0 Å². The summed E-state index contributed by atoms with van der Waals surface area (Å²) in [4.78, 5) is 38.8. The monoisotopic (exact) mass is 429 g/mol. The van der Waals surface area contributed by atoms with E-state index in [0.717, 1.165) is 12.8 Å². The van der Waals surface area contributed by atoms with Crippen molar-refractivity contribution in [2.75, 3.05) is 18.4 Å². The average Bonchev–Trinajstić information content (AvgIpc) is 2.71. The van der Waals surface area contributed by atoms with Gasteiger partial charge in [0.05, 0.1) is 5.56 Å². The number of amidine groups is 1. The number of hydrogen-bond acceptors (Lipinski definition) is 9. The molecule has 31 heavy (non-hydrogen) atoms. The van der Waals surface area contributed by atoms with E-state index in [9.17, 15) is 9.59 Å². The number of pyridine rings is 1. The number of anilines is 1. The van der Waals surface area contributed by atoms with Crippen LogP contribution < -0.4 is 22.3 Å². The second kappa shape index (κ2) is 8.68. The second-order valence-corrected chi connectivity index (χ2v) is 8.27. The van der Waals surface area contributed by atoms with Gasteiger partial charge >= 0.3 is 6.09 Å². The van der Waals surface area contributed by atoms with Gasteiger partial charge in [0.2, 0.25) is 0 Å². The van der Waals surface area contributed by atoms with E-state index in [-0.39, 0.29) is 40.3 Å². The fraction of sp³-hybridized carbons (Fsp3) is 0.474. The Balaban J connectivity index is 1.90. The zero-order valence-corrected chi connectivity index (χ0v) is 17.7. The van der Waals surface area contributed by atoms with E-state index in [1.807, 2.05) is 20.8 Å². The predicted molar refractivity (Wildman–Crippen MR) is 114 cm³/mol. The number of carbonyl (C=O) groups excluding carboxylic acids is 2. The summed E-state index contributed by atoms with van der Waals surface area (Å²) in [5.41, 5.74) is 7.89. The van der Waals surface area contributed by atoms with E-state index in [4.69, 9.17) is 21.7 Å². The zero-order chi connectivity index (χ0) is 22.8. The maximum absolute atomic E-state index is 12.4. The zero-order valence-electron chi connectivity index (χ0n) is 17.7. The Morgan fingerprint density at radius 3 is 2.68 bits per heavy atom. The summed E-state index contributed by atoms with van der Waals surface area (Å²) in [7, 11) is 0. The quantitative estimate of drug-likeness (QED) is 0.202. The van der Waals surface area contributed by atoms with Crippen molar-refractivity contribution >= 4 is 34.7 Å². The number of hydrogen-bond donors (Lipinski definition) is 5. The lowest BCUT2D eigenvalue weighted by Crippen LogP contribution is -2.47. The van der Waals surface area contributed by atoms with Gasteiger partial charge in [0.15, 0.2) is 11.7 Å². The van der Waals surface area contributed by atoms with Crippen LogP contribution in [0.4, 0.5) is 10.6 Å². The number of nitrogens with two attached hydrogens (primary N) is 2. The van der Waals surface area contributed by atoms with E-state index < -0.39 is 11.5 Å². The third kappa shape index (κ3) is 5.15. The molecule has 0 unspecified atom stereocenters. The maximum Gasteiger partial charge on any atom is 0.410 e. The van der Waals surface area contributed by atoms with Crippen LogP contribution in [0.1, 0.15) is 49.7 Å². The summed E-state index contributed by atoms with van der Waals surface area (Å²) in [6, 6.07) is 1.24. The number of nitrogens with one attached hydrogen (secondary N) is 3. The lowest BCUT2D eigenvalue weighted by Gasteiger charge is -2.34. The van der Waals surface area contributed by atoms with Gasteiger partial charge in [-0.3, -0.25) is 10.2 Å². The van der Waals surface area contributed by atoms with Crippen LogP contribution in [-0.2, 0) is 4.74 Å². The summed E-state index contributed by atoms with van der Waals surface area (Å²) in [6.45, 7) is 6.50. The van der Waals surface area contributed by atoms with Crippen molar-refractivity contribution < 1.29 is 14.3 Å². The topological polar surface area (TPSA) is 185 Å². The van der Waals surface area contributed by atoms with Gasteiger partial charge in [-0.15, -0.1) is 0 Å². The normalized spacial score (nSPS) is 16.6. The fourth-order valence-corrected chi connectivity index (χ4v) is 3.32. The Morgan fingerprint density at radius 2 is 2.03 bits per heavy atom. The Morgan fingerprint density at radius 1 is 1.29 bits per heavy atom. The van der Waals surface area contributed by atoms with Crippen LogP contribution in [0.3, 0.4) is 0 Å². The summed E-state index contributed by atoms with van der Waals surface area (Å²) in [5.74, 6) is 4.79. The molecule has 2 amide bonds. The molecule has 3 rings (SSSR count). The van der Waals surface area contributed by atoms with E-state index in [2.05, 4.69) is 25.7 Å². The lowest BCUT2D eigenvalue weighted by molar-refractivity contribution is 0.0206. The third-order valence-electron chi connectivity index (χ3n) is 4.67. The van der Waals surface area contributed by atoms with Crippen LogP contribution in [-0.4, -0.2) is 62.4 Å². The smallest absolute Gasteiger partial charge is 0.410 e. The number of rotatable bonds is 4. The number of nitrogens with zero attached hydrogens (tertiary/aromatic N) is 4. The Bertz CT molecular complexity index is 1020. The molecule has 0 aliphatic carbocycles. The number of piperidine rings is 1. The van der Waals surface area contributed by atoms with Crippen molar-refractivity contribution in [2.24, 2.45) is 11.6 Å². The highest BCUT2D eigenvalue weighted by molar-refractivity contribution is 6.08. The molecule has 0 spiro atoms. The first kappa shape index (κ1) is 22.2. The van der Waals surface area contributed by atoms with Crippen LogP contribution in [0.15, 0.2) is 12.4 Å². The highest BCUT2D eigenvalue weighted by Crippen LogP contribution is 2.24. The minimum atomic E-state index is -0.711. The highest BCUT2D eigenvalue weighted by atomic mass is 16.6. The van der Waals surface area contributed by atoms with Crippen molar-refractivity contribution in [2.45, 2.75) is 45.3 Å². The highest BCUT2D eigenvalue weighted by Gasteiger charge is 2.28. The van der Waals surface area contributed by atoms with Crippen LogP contribution in [0.5, 0.6) is 0 Å². The van der Waals surface area contributed by atoms with E-state index in [0.29, 0.717) is 18.9 Å². The number of fused-ring (bicyclic) bond motifs is 1. The standard InChI is InChI=1S/C19H27N9O3/c1-19(2,3)31-18(30)28-6-4-5-10(8-28)25-17-14-13(23-9-24-17)11(16(21)29)7-12(26-14)15(20)27-22/h7,9-10H,4-6,8,22H2,1-3H3,(H2,20,27)(H2,21,29)(H,23,24,25)/t10-/m0/s1. The molecular weight excluding hydrogens is 402 g/mol. The number of amides is 2. The van der Waals surface area contributed by atoms with E-state index in [1.165, 1.54) is 12.4 Å². The Labute approximate surface area is 179 Å². The van der Waals surface area contributed by atoms with Crippen molar-refractivity contribution in [1.82, 2.24) is 25.3 Å². The van der Waals surface area contributed by atoms with E-state index in [1.54, 1.807) is 4.90 Å². The molecule has 3 heterocycles. The first-order valence-corrected chi connectivity index (χ1v) is 9.84. The van der Waals surface area contributed by atoms with Crippen molar-refractivity contribution in [1.29, 1.82) is 5.41 Å². The molecule has 0 saturated carbocycles. The molecule has 1 aliphatic rings. The van der Waals surface area contributed by atoms with Gasteiger partial charge in [-0.25, -0.2) is 25.6 Å². The van der Waals surface area contributed by atoms with Crippen LogP contribution in [0, 0.1) is 5.41 Å². The van der Waals surface area contributed by atoms with Crippen LogP contribution in [0.25, 0.3) is 11.0 Å². The lowest BCUT2D eigenvalue weighted by atomic mass is 10.1. The largest absolute Gasteiger partial charge is 0.444 e. The summed E-state index contributed by atoms with van der Waals surface area (Å²) >= 11 is 0. The van der Waals surface area contributed by atoms with Gasteiger partial charge in [-0.1, -0.05) is 0 Å². The number of carbonyl (C=O) groups is 2. The average molecular weight is 429 g/mol. The number of hydrazine groups is 1. The van der Waals surface area contributed by atoms with Gasteiger partial charge in [0.25, 0.3) is 5.91 Å². The maximum atomic E-state index is 12.4. The third-order valence-corrected chi connectivity index (χ3v) is 4.67.